The second-order valence-electron chi connectivity index (χ2n) is 5.54. The van der Waals surface area contributed by atoms with Crippen LogP contribution in [0.3, 0.4) is 0 Å². The molecule has 0 aliphatic rings. The molecule has 0 fully saturated rings. The summed E-state index contributed by atoms with van der Waals surface area (Å²) in [4.78, 5) is 14.2. The van der Waals surface area contributed by atoms with Crippen LogP contribution in [0.1, 0.15) is 22.7 Å². The zero-order valence-electron chi connectivity index (χ0n) is 13.5. The summed E-state index contributed by atoms with van der Waals surface area (Å²) in [6.45, 7) is 2.43. The number of hydrogen-bond donors (Lipinski definition) is 1. The number of nitrogens with zero attached hydrogens (tertiary/aromatic N) is 1. The van der Waals surface area contributed by atoms with Gasteiger partial charge in [-0.25, -0.2) is 0 Å². The number of rotatable bonds is 5. The molecule has 2 aromatic rings. The fourth-order valence-electron chi connectivity index (χ4n) is 2.36. The third-order valence-electron chi connectivity index (χ3n) is 3.73. The minimum absolute atomic E-state index is 0.129. The maximum absolute atomic E-state index is 12.6. The first-order valence-corrected chi connectivity index (χ1v) is 8.11. The number of aryl methyl sites for hydroxylation is 1. The van der Waals surface area contributed by atoms with Gasteiger partial charge in [0.05, 0.1) is 7.11 Å². The summed E-state index contributed by atoms with van der Waals surface area (Å²) < 4.78 is 6.29. The Balaban J connectivity index is 2.13. The monoisotopic (exact) mass is 376 g/mol. The molecule has 1 amide bonds. The van der Waals surface area contributed by atoms with E-state index in [0.717, 1.165) is 26.9 Å². The SMILES string of the molecule is COc1ccc(Br)cc1CN(C)C(=O)C(N)c1ccc(C)cc1. The van der Waals surface area contributed by atoms with Gasteiger partial charge in [0.2, 0.25) is 5.91 Å². The molecular formula is C18H21BrN2O2. The zero-order chi connectivity index (χ0) is 17.0. The molecule has 0 bridgehead atoms. The lowest BCUT2D eigenvalue weighted by Crippen LogP contribution is -2.35. The van der Waals surface area contributed by atoms with Crippen LogP contribution >= 0.6 is 15.9 Å². The van der Waals surface area contributed by atoms with E-state index in [4.69, 9.17) is 10.5 Å². The zero-order valence-corrected chi connectivity index (χ0v) is 15.1. The Morgan fingerprint density at radius 1 is 1.26 bits per heavy atom. The molecule has 4 nitrogen and oxygen atoms in total. The van der Waals surface area contributed by atoms with E-state index >= 15 is 0 Å². The number of likely N-dealkylation sites (N-methyl/N-ethyl adjacent to an activating group) is 1. The molecule has 2 aromatic carbocycles. The minimum Gasteiger partial charge on any atom is -0.496 e. The van der Waals surface area contributed by atoms with Crippen molar-refractivity contribution in [3.8, 4) is 5.75 Å². The van der Waals surface area contributed by atoms with Crippen molar-refractivity contribution in [2.75, 3.05) is 14.2 Å². The van der Waals surface area contributed by atoms with E-state index in [1.807, 2.05) is 49.4 Å². The number of methoxy groups -OCH3 is 1. The van der Waals surface area contributed by atoms with E-state index < -0.39 is 6.04 Å². The van der Waals surface area contributed by atoms with Crippen LogP contribution in [0.2, 0.25) is 0 Å². The molecule has 2 N–H and O–H groups in total. The Morgan fingerprint density at radius 3 is 2.52 bits per heavy atom. The van der Waals surface area contributed by atoms with Gasteiger partial charge in [0.1, 0.15) is 11.8 Å². The summed E-state index contributed by atoms with van der Waals surface area (Å²) in [5, 5.41) is 0. The summed E-state index contributed by atoms with van der Waals surface area (Å²) in [5.41, 5.74) is 8.99. The lowest BCUT2D eigenvalue weighted by Gasteiger charge is -2.23. The smallest absolute Gasteiger partial charge is 0.244 e. The molecule has 0 spiro atoms. The highest BCUT2D eigenvalue weighted by atomic mass is 79.9. The molecule has 0 saturated carbocycles. The molecule has 1 unspecified atom stereocenters. The summed E-state index contributed by atoms with van der Waals surface area (Å²) in [6.07, 6.45) is 0. The number of nitrogens with two attached hydrogens (primary N) is 1. The van der Waals surface area contributed by atoms with Gasteiger partial charge in [0.25, 0.3) is 0 Å². The van der Waals surface area contributed by atoms with Crippen LogP contribution in [0.5, 0.6) is 5.75 Å². The first-order valence-electron chi connectivity index (χ1n) is 7.32. The van der Waals surface area contributed by atoms with Crippen LogP contribution in [0.15, 0.2) is 46.9 Å². The third-order valence-corrected chi connectivity index (χ3v) is 4.22. The fraction of sp³-hybridized carbons (Fsp3) is 0.278. The third kappa shape index (κ3) is 4.33. The quantitative estimate of drug-likeness (QED) is 0.869. The molecular weight excluding hydrogens is 356 g/mol. The van der Waals surface area contributed by atoms with Crippen LogP contribution in [0.4, 0.5) is 0 Å². The number of amides is 1. The Kier molecular flexibility index (Phi) is 5.80. The fourth-order valence-corrected chi connectivity index (χ4v) is 2.77. The molecule has 0 radical (unpaired) electrons. The highest BCUT2D eigenvalue weighted by Gasteiger charge is 2.20. The predicted molar refractivity (Wildman–Crippen MR) is 95.3 cm³/mol. The Labute approximate surface area is 145 Å². The van der Waals surface area contributed by atoms with Gasteiger partial charge in [-0.2, -0.15) is 0 Å². The molecule has 0 aromatic heterocycles. The predicted octanol–water partition coefficient (Wildman–Crippen LogP) is 3.42. The van der Waals surface area contributed by atoms with Crippen molar-refractivity contribution in [3.05, 3.63) is 63.6 Å². The van der Waals surface area contributed by atoms with E-state index in [9.17, 15) is 4.79 Å². The molecule has 5 heteroatoms. The van der Waals surface area contributed by atoms with Crippen LogP contribution in [-0.2, 0) is 11.3 Å². The Hall–Kier alpha value is -1.85. The lowest BCUT2D eigenvalue weighted by molar-refractivity contribution is -0.132. The Morgan fingerprint density at radius 2 is 1.91 bits per heavy atom. The number of ether oxygens (including phenoxy) is 1. The van der Waals surface area contributed by atoms with E-state index in [1.165, 1.54) is 0 Å². The van der Waals surface area contributed by atoms with Crippen LogP contribution < -0.4 is 10.5 Å². The Bertz CT molecular complexity index is 686. The van der Waals surface area contributed by atoms with Crippen LogP contribution in [0, 0.1) is 6.92 Å². The molecule has 122 valence electrons. The minimum atomic E-state index is -0.668. The first kappa shape index (κ1) is 17.5. The molecule has 0 saturated heterocycles. The number of carbonyl (C=O) groups is 1. The summed E-state index contributed by atoms with van der Waals surface area (Å²) >= 11 is 3.44. The van der Waals surface area contributed by atoms with Crippen molar-refractivity contribution in [1.82, 2.24) is 4.90 Å². The second kappa shape index (κ2) is 7.62. The number of halogens is 1. The van der Waals surface area contributed by atoms with Gasteiger partial charge >= 0.3 is 0 Å². The molecule has 0 heterocycles. The topological polar surface area (TPSA) is 55.6 Å². The van der Waals surface area contributed by atoms with Crippen molar-refractivity contribution >= 4 is 21.8 Å². The molecule has 1 atom stereocenters. The second-order valence-corrected chi connectivity index (χ2v) is 6.45. The van der Waals surface area contributed by atoms with Crippen molar-refractivity contribution in [1.29, 1.82) is 0 Å². The van der Waals surface area contributed by atoms with E-state index in [1.54, 1.807) is 19.1 Å². The van der Waals surface area contributed by atoms with Gasteiger partial charge < -0.3 is 15.4 Å². The highest BCUT2D eigenvalue weighted by molar-refractivity contribution is 9.10. The highest BCUT2D eigenvalue weighted by Crippen LogP contribution is 2.25. The molecule has 0 aliphatic heterocycles. The van der Waals surface area contributed by atoms with Gasteiger partial charge in [0, 0.05) is 23.6 Å². The largest absolute Gasteiger partial charge is 0.496 e. The summed E-state index contributed by atoms with van der Waals surface area (Å²) in [5.74, 6) is 0.618. The summed E-state index contributed by atoms with van der Waals surface area (Å²) in [7, 11) is 3.36. The van der Waals surface area contributed by atoms with E-state index in [-0.39, 0.29) is 5.91 Å². The van der Waals surface area contributed by atoms with Gasteiger partial charge in [0.15, 0.2) is 0 Å². The number of hydrogen-bond acceptors (Lipinski definition) is 3. The maximum Gasteiger partial charge on any atom is 0.244 e. The summed E-state index contributed by atoms with van der Waals surface area (Å²) in [6, 6.07) is 12.8. The van der Waals surface area contributed by atoms with Gasteiger partial charge in [-0.3, -0.25) is 4.79 Å². The van der Waals surface area contributed by atoms with Gasteiger partial charge in [-0.1, -0.05) is 45.8 Å². The standard InChI is InChI=1S/C18H21BrN2O2/c1-12-4-6-13(7-5-12)17(20)18(22)21(2)11-14-10-15(19)8-9-16(14)23-3/h4-10,17H,11,20H2,1-3H3. The maximum atomic E-state index is 12.6. The average Bonchev–Trinajstić information content (AvgIpc) is 2.54. The first-order chi connectivity index (χ1) is 10.9. The van der Waals surface area contributed by atoms with E-state index in [2.05, 4.69) is 15.9 Å². The van der Waals surface area contributed by atoms with Crippen molar-refractivity contribution in [2.45, 2.75) is 19.5 Å². The lowest BCUT2D eigenvalue weighted by atomic mass is 10.0. The van der Waals surface area contributed by atoms with Gasteiger partial charge in [-0.15, -0.1) is 0 Å². The van der Waals surface area contributed by atoms with Crippen LogP contribution in [-0.4, -0.2) is 25.0 Å². The molecule has 23 heavy (non-hydrogen) atoms. The van der Waals surface area contributed by atoms with Crippen molar-refractivity contribution < 1.29 is 9.53 Å². The average molecular weight is 377 g/mol. The number of carbonyl (C=O) groups excluding carboxylic acids is 1. The van der Waals surface area contributed by atoms with Crippen molar-refractivity contribution in [3.63, 3.8) is 0 Å². The van der Waals surface area contributed by atoms with Gasteiger partial charge in [-0.05, 0) is 30.7 Å². The normalized spacial score (nSPS) is 11.9. The molecule has 0 aliphatic carbocycles. The van der Waals surface area contributed by atoms with Crippen molar-refractivity contribution in [2.24, 2.45) is 5.73 Å². The number of benzene rings is 2. The molecule has 2 rings (SSSR count). The van der Waals surface area contributed by atoms with E-state index in [0.29, 0.717) is 6.54 Å². The van der Waals surface area contributed by atoms with Crippen LogP contribution in [0.25, 0.3) is 0 Å².